The molecule has 0 aliphatic carbocycles. The maximum Gasteiger partial charge on any atom is 0.331 e. The number of Topliss-reactive ketones (excluding diaryl/α,β-unsaturated/α-hetero) is 1. The highest BCUT2D eigenvalue weighted by Gasteiger charge is 2.21. The van der Waals surface area contributed by atoms with E-state index in [0.29, 0.717) is 22.6 Å². The molecule has 0 aliphatic heterocycles. The molecule has 0 radical (unpaired) electrons. The van der Waals surface area contributed by atoms with Gasteiger partial charge in [-0.1, -0.05) is 47.2 Å². The van der Waals surface area contributed by atoms with E-state index in [4.69, 9.17) is 9.25 Å². The molecule has 4 aromatic rings. The van der Waals surface area contributed by atoms with Crippen LogP contribution in [-0.4, -0.2) is 46.6 Å². The SMILES string of the molecule is CC(=O)CN(C(C)=O)C(C)C/C(=N\OC(C)=O)c1ccc(Sc2ccc(C(=O)c3cc4ccccc4o3)cc2)cc1. The number of carbonyl (C=O) groups is 4. The van der Waals surface area contributed by atoms with Gasteiger partial charge in [0.05, 0.1) is 12.3 Å². The number of hydrogen-bond acceptors (Lipinski definition) is 8. The minimum atomic E-state index is -0.559. The summed E-state index contributed by atoms with van der Waals surface area (Å²) < 4.78 is 5.71. The van der Waals surface area contributed by atoms with Crippen LogP contribution in [0, 0.1) is 0 Å². The largest absolute Gasteiger partial charge is 0.453 e. The molecule has 0 spiro atoms. The molecule has 0 saturated heterocycles. The number of furan rings is 1. The fourth-order valence-electron chi connectivity index (χ4n) is 4.30. The van der Waals surface area contributed by atoms with Crippen LogP contribution in [-0.2, 0) is 19.2 Å². The van der Waals surface area contributed by atoms with Crippen LogP contribution in [0.1, 0.15) is 55.8 Å². The van der Waals surface area contributed by atoms with Crippen molar-refractivity contribution in [1.29, 1.82) is 0 Å². The Morgan fingerprint density at radius 2 is 1.49 bits per heavy atom. The molecule has 1 atom stereocenters. The van der Waals surface area contributed by atoms with Gasteiger partial charge < -0.3 is 14.2 Å². The lowest BCUT2D eigenvalue weighted by Gasteiger charge is -2.27. The molecule has 9 heteroatoms. The Morgan fingerprint density at radius 1 is 0.878 bits per heavy atom. The maximum atomic E-state index is 12.9. The lowest BCUT2D eigenvalue weighted by Crippen LogP contribution is -2.41. The lowest BCUT2D eigenvalue weighted by molar-refractivity contribution is -0.141. The van der Waals surface area contributed by atoms with Crippen molar-refractivity contribution in [1.82, 2.24) is 4.90 Å². The first-order chi connectivity index (χ1) is 19.6. The summed E-state index contributed by atoms with van der Waals surface area (Å²) in [6, 6.07) is 23.8. The van der Waals surface area contributed by atoms with Gasteiger partial charge in [-0.05, 0) is 67.9 Å². The third kappa shape index (κ3) is 7.79. The number of ketones is 2. The first kappa shape index (κ1) is 29.5. The first-order valence-electron chi connectivity index (χ1n) is 13.0. The summed E-state index contributed by atoms with van der Waals surface area (Å²) >= 11 is 1.53. The van der Waals surface area contributed by atoms with E-state index in [9.17, 15) is 19.2 Å². The van der Waals surface area contributed by atoms with Gasteiger partial charge in [0.2, 0.25) is 11.7 Å². The molecule has 210 valence electrons. The molecule has 1 aromatic heterocycles. The van der Waals surface area contributed by atoms with Gasteiger partial charge in [-0.2, -0.15) is 0 Å². The zero-order valence-corrected chi connectivity index (χ0v) is 24.1. The quantitative estimate of drug-likeness (QED) is 0.0902. The Kier molecular flexibility index (Phi) is 9.52. The maximum absolute atomic E-state index is 12.9. The monoisotopic (exact) mass is 570 g/mol. The number of nitrogens with zero attached hydrogens (tertiary/aromatic N) is 2. The second kappa shape index (κ2) is 13.2. The summed E-state index contributed by atoms with van der Waals surface area (Å²) in [6.07, 6.45) is 0.285. The molecule has 1 heterocycles. The van der Waals surface area contributed by atoms with Gasteiger partial charge in [-0.15, -0.1) is 0 Å². The number of benzene rings is 3. The van der Waals surface area contributed by atoms with Crippen molar-refractivity contribution in [2.75, 3.05) is 6.54 Å². The third-order valence-electron chi connectivity index (χ3n) is 6.29. The first-order valence-corrected chi connectivity index (χ1v) is 13.8. The van der Waals surface area contributed by atoms with Crippen molar-refractivity contribution in [3.63, 3.8) is 0 Å². The van der Waals surface area contributed by atoms with Gasteiger partial charge in [0.1, 0.15) is 11.4 Å². The van der Waals surface area contributed by atoms with Gasteiger partial charge in [0, 0.05) is 47.1 Å². The van der Waals surface area contributed by atoms with E-state index in [-0.39, 0.29) is 36.5 Å². The van der Waals surface area contributed by atoms with Crippen LogP contribution in [0.2, 0.25) is 0 Å². The van der Waals surface area contributed by atoms with Crippen LogP contribution >= 0.6 is 11.8 Å². The second-order valence-corrected chi connectivity index (χ2v) is 10.8. The number of rotatable bonds is 11. The zero-order valence-electron chi connectivity index (χ0n) is 23.2. The molecule has 0 fully saturated rings. The Morgan fingerprint density at radius 3 is 2.05 bits per heavy atom. The molecule has 3 aromatic carbocycles. The fourth-order valence-corrected chi connectivity index (χ4v) is 5.11. The molecular weight excluding hydrogens is 540 g/mol. The molecule has 41 heavy (non-hydrogen) atoms. The van der Waals surface area contributed by atoms with Crippen molar-refractivity contribution in [2.24, 2.45) is 5.16 Å². The minimum absolute atomic E-state index is 0.00438. The Labute approximate surface area is 242 Å². The Balaban J connectivity index is 1.46. The lowest BCUT2D eigenvalue weighted by atomic mass is 10.0. The number of fused-ring (bicyclic) bond motifs is 1. The third-order valence-corrected chi connectivity index (χ3v) is 7.31. The van der Waals surface area contributed by atoms with Crippen LogP contribution in [0.25, 0.3) is 11.0 Å². The van der Waals surface area contributed by atoms with Crippen molar-refractivity contribution in [2.45, 2.75) is 49.9 Å². The van der Waals surface area contributed by atoms with E-state index in [1.54, 1.807) is 18.2 Å². The molecule has 0 N–H and O–H groups in total. The number of oxime groups is 1. The summed E-state index contributed by atoms with van der Waals surface area (Å²) in [5.74, 6) is -0.787. The van der Waals surface area contributed by atoms with Crippen molar-refractivity contribution < 1.29 is 28.4 Å². The highest BCUT2D eigenvalue weighted by molar-refractivity contribution is 7.99. The van der Waals surface area contributed by atoms with Crippen LogP contribution in [0.4, 0.5) is 0 Å². The van der Waals surface area contributed by atoms with Crippen LogP contribution in [0.3, 0.4) is 0 Å². The molecule has 0 saturated carbocycles. The van der Waals surface area contributed by atoms with Crippen LogP contribution in [0.15, 0.2) is 98.2 Å². The van der Waals surface area contributed by atoms with Crippen LogP contribution in [0.5, 0.6) is 0 Å². The van der Waals surface area contributed by atoms with E-state index in [0.717, 1.165) is 20.7 Å². The number of carbonyl (C=O) groups excluding carboxylic acids is 4. The smallest absolute Gasteiger partial charge is 0.331 e. The molecular formula is C32H30N2O6S. The van der Waals surface area contributed by atoms with Crippen molar-refractivity contribution >= 4 is 51.9 Å². The summed E-state index contributed by atoms with van der Waals surface area (Å²) in [4.78, 5) is 56.4. The molecule has 1 unspecified atom stereocenters. The predicted molar refractivity (Wildman–Crippen MR) is 157 cm³/mol. The van der Waals surface area contributed by atoms with E-state index in [2.05, 4.69) is 5.16 Å². The van der Waals surface area contributed by atoms with E-state index < -0.39 is 5.97 Å². The van der Waals surface area contributed by atoms with Crippen molar-refractivity contribution in [3.05, 3.63) is 95.7 Å². The average molecular weight is 571 g/mol. The number of hydrogen-bond donors (Lipinski definition) is 0. The predicted octanol–water partition coefficient (Wildman–Crippen LogP) is 6.30. The topological polar surface area (TPSA) is 106 Å². The van der Waals surface area contributed by atoms with Gasteiger partial charge >= 0.3 is 5.97 Å². The molecule has 0 bridgehead atoms. The summed E-state index contributed by atoms with van der Waals surface area (Å²) in [5.41, 5.74) is 2.41. The molecule has 8 nitrogen and oxygen atoms in total. The highest BCUT2D eigenvalue weighted by atomic mass is 32.2. The molecule has 1 amide bonds. The van der Waals surface area contributed by atoms with Gasteiger partial charge in [0.25, 0.3) is 0 Å². The van der Waals surface area contributed by atoms with Gasteiger partial charge in [-0.25, -0.2) is 4.79 Å². The standard InChI is InChI=1S/C32H30N2O6S/c1-20(34(22(3)36)19-21(2)35)17-29(33-40-23(4)37)24-9-13-27(14-10-24)41-28-15-11-25(12-16-28)32(38)31-18-26-7-5-6-8-30(26)39-31/h5-16,18,20H,17,19H2,1-4H3/b33-29+. The van der Waals surface area contributed by atoms with Gasteiger partial charge in [0.15, 0.2) is 5.76 Å². The zero-order chi connectivity index (χ0) is 29.5. The second-order valence-electron chi connectivity index (χ2n) is 9.65. The summed E-state index contributed by atoms with van der Waals surface area (Å²) in [7, 11) is 0. The van der Waals surface area contributed by atoms with E-state index >= 15 is 0 Å². The van der Waals surface area contributed by atoms with E-state index in [1.165, 1.54) is 37.4 Å². The molecule has 4 rings (SSSR count). The Bertz CT molecular complexity index is 1570. The average Bonchev–Trinajstić information content (AvgIpc) is 3.38. The minimum Gasteiger partial charge on any atom is -0.453 e. The fraction of sp³-hybridized carbons (Fsp3) is 0.219. The number of para-hydroxylation sites is 1. The number of amides is 1. The summed E-state index contributed by atoms with van der Waals surface area (Å²) in [5, 5.41) is 4.91. The summed E-state index contributed by atoms with van der Waals surface area (Å²) in [6.45, 7) is 5.92. The molecule has 0 aliphatic rings. The normalized spacial score (nSPS) is 12.1. The Hall–Kier alpha value is -4.50. The van der Waals surface area contributed by atoms with Crippen LogP contribution < -0.4 is 0 Å². The van der Waals surface area contributed by atoms with Gasteiger partial charge in [-0.3, -0.25) is 14.4 Å². The highest BCUT2D eigenvalue weighted by Crippen LogP contribution is 2.29. The van der Waals surface area contributed by atoms with Crippen molar-refractivity contribution in [3.8, 4) is 0 Å². The van der Waals surface area contributed by atoms with E-state index in [1.807, 2.05) is 67.6 Å².